The zero-order valence-corrected chi connectivity index (χ0v) is 11.3. The van der Waals surface area contributed by atoms with E-state index in [1.165, 1.54) is 32.1 Å². The maximum atomic E-state index is 6.71. The number of ether oxygens (including phenoxy) is 1. The summed E-state index contributed by atoms with van der Waals surface area (Å²) in [5, 5.41) is 0. The van der Waals surface area contributed by atoms with Crippen LogP contribution in [-0.4, -0.2) is 18.2 Å². The van der Waals surface area contributed by atoms with Crippen molar-refractivity contribution >= 4 is 0 Å². The fourth-order valence-electron chi connectivity index (χ4n) is 5.09. The predicted octanol–water partition coefficient (Wildman–Crippen LogP) is 2.96. The molecular formula is C15H27NO. The molecule has 3 aliphatic carbocycles. The fraction of sp³-hybridized carbons (Fsp3) is 1.00. The molecule has 0 aromatic heterocycles. The van der Waals surface area contributed by atoms with Crippen LogP contribution in [0.5, 0.6) is 0 Å². The largest absolute Gasteiger partial charge is 0.379 e. The first-order valence-corrected chi connectivity index (χ1v) is 7.50. The normalized spacial score (nSPS) is 48.0. The molecule has 0 amide bonds. The van der Waals surface area contributed by atoms with Gasteiger partial charge in [-0.05, 0) is 69.6 Å². The van der Waals surface area contributed by atoms with Gasteiger partial charge in [-0.1, -0.05) is 6.42 Å². The van der Waals surface area contributed by atoms with Gasteiger partial charge in [0.05, 0.1) is 6.10 Å². The summed E-state index contributed by atoms with van der Waals surface area (Å²) in [4.78, 5) is 0. The molecule has 5 atom stereocenters. The quantitative estimate of drug-likeness (QED) is 0.816. The van der Waals surface area contributed by atoms with Crippen molar-refractivity contribution in [3.8, 4) is 0 Å². The summed E-state index contributed by atoms with van der Waals surface area (Å²) in [6.45, 7) is 5.07. The molecule has 0 heterocycles. The molecule has 3 aliphatic rings. The molecule has 2 nitrogen and oxygen atoms in total. The van der Waals surface area contributed by atoms with E-state index in [9.17, 15) is 0 Å². The van der Waals surface area contributed by atoms with Crippen molar-refractivity contribution in [2.75, 3.05) is 6.61 Å². The lowest BCUT2D eigenvalue weighted by atomic mass is 9.70. The average molecular weight is 237 g/mol. The average Bonchev–Trinajstić information content (AvgIpc) is 2.86. The second-order valence-electron chi connectivity index (χ2n) is 6.97. The van der Waals surface area contributed by atoms with Crippen LogP contribution in [0.15, 0.2) is 0 Å². The van der Waals surface area contributed by atoms with Crippen LogP contribution in [0.1, 0.15) is 52.4 Å². The molecule has 0 aliphatic heterocycles. The molecule has 2 heteroatoms. The van der Waals surface area contributed by atoms with E-state index in [-0.39, 0.29) is 5.54 Å². The molecule has 3 fully saturated rings. The highest BCUT2D eigenvalue weighted by Gasteiger charge is 2.58. The van der Waals surface area contributed by atoms with Gasteiger partial charge >= 0.3 is 0 Å². The summed E-state index contributed by atoms with van der Waals surface area (Å²) in [5.41, 5.74) is 6.82. The van der Waals surface area contributed by atoms with E-state index >= 15 is 0 Å². The molecule has 3 saturated carbocycles. The highest BCUT2D eigenvalue weighted by atomic mass is 16.5. The minimum Gasteiger partial charge on any atom is -0.379 e. The third kappa shape index (κ3) is 1.94. The van der Waals surface area contributed by atoms with Crippen molar-refractivity contribution in [3.05, 3.63) is 0 Å². The smallest absolute Gasteiger partial charge is 0.0518 e. The molecular weight excluding hydrogens is 210 g/mol. The zero-order chi connectivity index (χ0) is 12.0. The Morgan fingerprint density at radius 1 is 1.29 bits per heavy atom. The van der Waals surface area contributed by atoms with Gasteiger partial charge in [-0.3, -0.25) is 0 Å². The van der Waals surface area contributed by atoms with Crippen LogP contribution in [0.3, 0.4) is 0 Å². The highest BCUT2D eigenvalue weighted by molar-refractivity contribution is 5.12. The van der Waals surface area contributed by atoms with E-state index in [4.69, 9.17) is 10.5 Å². The van der Waals surface area contributed by atoms with E-state index in [0.29, 0.717) is 6.10 Å². The van der Waals surface area contributed by atoms with Crippen LogP contribution in [0.2, 0.25) is 0 Å². The molecule has 0 spiro atoms. The standard InChI is InChI=1S/C15H27NO/c1-10(2)17-7-6-15(16)9-11-8-14(15)13-5-3-4-12(11)13/h10-14H,3-9,16H2,1-2H3. The molecule has 0 aromatic carbocycles. The maximum absolute atomic E-state index is 6.71. The summed E-state index contributed by atoms with van der Waals surface area (Å²) in [5.74, 6) is 3.79. The minimum absolute atomic E-state index is 0.116. The first kappa shape index (κ1) is 12.0. The van der Waals surface area contributed by atoms with Gasteiger partial charge in [0.15, 0.2) is 0 Å². The van der Waals surface area contributed by atoms with Crippen molar-refractivity contribution in [2.24, 2.45) is 29.4 Å². The van der Waals surface area contributed by atoms with Crippen LogP contribution in [0, 0.1) is 23.7 Å². The number of fused-ring (bicyclic) bond motifs is 5. The Labute approximate surface area is 105 Å². The SMILES string of the molecule is CC(C)OCCC1(N)CC2CC1C1CCCC21. The Morgan fingerprint density at radius 2 is 2.06 bits per heavy atom. The van der Waals surface area contributed by atoms with Crippen LogP contribution in [0.4, 0.5) is 0 Å². The summed E-state index contributed by atoms with van der Waals surface area (Å²) >= 11 is 0. The predicted molar refractivity (Wildman–Crippen MR) is 69.7 cm³/mol. The second-order valence-corrected chi connectivity index (χ2v) is 6.97. The van der Waals surface area contributed by atoms with Crippen molar-refractivity contribution in [1.29, 1.82) is 0 Å². The molecule has 2 bridgehead atoms. The molecule has 0 radical (unpaired) electrons. The van der Waals surface area contributed by atoms with E-state index in [0.717, 1.165) is 36.7 Å². The summed E-state index contributed by atoms with van der Waals surface area (Å²) in [6, 6.07) is 0. The number of hydrogen-bond acceptors (Lipinski definition) is 2. The number of rotatable bonds is 4. The van der Waals surface area contributed by atoms with Crippen molar-refractivity contribution in [2.45, 2.75) is 64.0 Å². The Bertz CT molecular complexity index is 291. The van der Waals surface area contributed by atoms with Gasteiger partial charge in [0, 0.05) is 12.1 Å². The van der Waals surface area contributed by atoms with Gasteiger partial charge in [0.25, 0.3) is 0 Å². The molecule has 5 unspecified atom stereocenters. The monoisotopic (exact) mass is 237 g/mol. The fourth-order valence-corrected chi connectivity index (χ4v) is 5.09. The summed E-state index contributed by atoms with van der Waals surface area (Å²) in [6.07, 6.45) is 8.53. The number of nitrogens with two attached hydrogens (primary N) is 1. The first-order valence-electron chi connectivity index (χ1n) is 7.50. The van der Waals surface area contributed by atoms with Gasteiger partial charge in [-0.15, -0.1) is 0 Å². The summed E-state index contributed by atoms with van der Waals surface area (Å²) < 4.78 is 5.71. The Balaban J connectivity index is 1.61. The van der Waals surface area contributed by atoms with Crippen LogP contribution in [0.25, 0.3) is 0 Å². The molecule has 0 aromatic rings. The van der Waals surface area contributed by atoms with Crippen LogP contribution < -0.4 is 5.73 Å². The van der Waals surface area contributed by atoms with Crippen molar-refractivity contribution in [3.63, 3.8) is 0 Å². The van der Waals surface area contributed by atoms with Crippen molar-refractivity contribution < 1.29 is 4.74 Å². The zero-order valence-electron chi connectivity index (χ0n) is 11.3. The third-order valence-corrected chi connectivity index (χ3v) is 5.70. The van der Waals surface area contributed by atoms with Gasteiger partial charge in [0.2, 0.25) is 0 Å². The van der Waals surface area contributed by atoms with E-state index in [2.05, 4.69) is 13.8 Å². The summed E-state index contributed by atoms with van der Waals surface area (Å²) in [7, 11) is 0. The van der Waals surface area contributed by atoms with Gasteiger partial charge in [0.1, 0.15) is 0 Å². The van der Waals surface area contributed by atoms with Crippen LogP contribution in [-0.2, 0) is 4.74 Å². The van der Waals surface area contributed by atoms with Gasteiger partial charge in [-0.2, -0.15) is 0 Å². The third-order valence-electron chi connectivity index (χ3n) is 5.70. The maximum Gasteiger partial charge on any atom is 0.0518 e. The Kier molecular flexibility index (Phi) is 2.99. The van der Waals surface area contributed by atoms with Gasteiger partial charge < -0.3 is 10.5 Å². The lowest BCUT2D eigenvalue weighted by Crippen LogP contribution is -2.50. The van der Waals surface area contributed by atoms with E-state index in [1.54, 1.807) is 0 Å². The molecule has 98 valence electrons. The van der Waals surface area contributed by atoms with E-state index < -0.39 is 0 Å². The lowest BCUT2D eigenvalue weighted by molar-refractivity contribution is 0.0462. The molecule has 0 saturated heterocycles. The second kappa shape index (κ2) is 4.24. The molecule has 17 heavy (non-hydrogen) atoms. The molecule has 2 N–H and O–H groups in total. The first-order chi connectivity index (χ1) is 8.10. The Morgan fingerprint density at radius 3 is 2.82 bits per heavy atom. The van der Waals surface area contributed by atoms with Gasteiger partial charge in [-0.25, -0.2) is 0 Å². The number of hydrogen-bond donors (Lipinski definition) is 1. The topological polar surface area (TPSA) is 35.2 Å². The molecule has 3 rings (SSSR count). The lowest BCUT2D eigenvalue weighted by Gasteiger charge is -2.40. The van der Waals surface area contributed by atoms with E-state index in [1.807, 2.05) is 0 Å². The van der Waals surface area contributed by atoms with Crippen molar-refractivity contribution in [1.82, 2.24) is 0 Å². The van der Waals surface area contributed by atoms with Crippen LogP contribution >= 0.6 is 0 Å². The Hall–Kier alpha value is -0.0800. The minimum atomic E-state index is 0.116. The highest BCUT2D eigenvalue weighted by Crippen LogP contribution is 2.62.